The van der Waals surface area contributed by atoms with Crippen LogP contribution in [0.3, 0.4) is 0 Å². The van der Waals surface area contributed by atoms with Crippen molar-refractivity contribution in [3.63, 3.8) is 0 Å². The molecule has 0 spiro atoms. The molecule has 1 aliphatic heterocycles. The summed E-state index contributed by atoms with van der Waals surface area (Å²) < 4.78 is 0. The first kappa shape index (κ1) is 17.0. The maximum atomic E-state index is 12.8. The zero-order valence-corrected chi connectivity index (χ0v) is 15.4. The molecule has 3 aromatic rings. The van der Waals surface area contributed by atoms with E-state index in [-0.39, 0.29) is 5.91 Å². The molecular weight excluding hydrogens is 332 g/mol. The van der Waals surface area contributed by atoms with Crippen LogP contribution in [0.25, 0.3) is 17.2 Å². The van der Waals surface area contributed by atoms with Crippen molar-refractivity contribution in [3.05, 3.63) is 95.6 Å². The number of hydrogen-bond donors (Lipinski definition) is 0. The smallest absolute Gasteiger partial charge is 0.267 e. The molecule has 1 aliphatic rings. The predicted molar refractivity (Wildman–Crippen MR) is 112 cm³/mol. The fraction of sp³-hybridized carbons (Fsp3) is 0.0833. The van der Waals surface area contributed by atoms with E-state index in [0.717, 1.165) is 28.1 Å². The molecule has 0 N–H and O–H groups in total. The van der Waals surface area contributed by atoms with Crippen molar-refractivity contribution in [2.45, 2.75) is 13.8 Å². The molecule has 0 saturated heterocycles. The summed E-state index contributed by atoms with van der Waals surface area (Å²) in [5.41, 5.74) is 6.61. The molecule has 1 amide bonds. The molecule has 4 rings (SSSR count). The Bertz CT molecular complexity index is 1030. The van der Waals surface area contributed by atoms with Gasteiger partial charge in [-0.1, -0.05) is 72.3 Å². The number of rotatable bonds is 3. The van der Waals surface area contributed by atoms with Gasteiger partial charge in [-0.2, -0.15) is 10.1 Å². The number of hydrogen-bond acceptors (Lipinski definition) is 2. The Balaban J connectivity index is 1.60. The zero-order chi connectivity index (χ0) is 18.8. The number of aryl methyl sites for hydroxylation is 1. The Kier molecular flexibility index (Phi) is 4.43. The van der Waals surface area contributed by atoms with Crippen molar-refractivity contribution < 1.29 is 4.79 Å². The van der Waals surface area contributed by atoms with Gasteiger partial charge in [-0.15, -0.1) is 0 Å². The zero-order valence-electron chi connectivity index (χ0n) is 15.4. The van der Waals surface area contributed by atoms with Crippen LogP contribution in [0.5, 0.6) is 0 Å². The minimum Gasteiger partial charge on any atom is -0.267 e. The molecule has 0 aliphatic carbocycles. The third kappa shape index (κ3) is 3.44. The standard InChI is InChI=1S/C24H20N2O/c1-17-8-14-22(15-9-17)26-24(27)23(18(2)25-26)16-19-10-12-21(13-11-19)20-6-4-3-5-7-20/h3-16H,1-2H3/b23-16-. The molecule has 0 unspecified atom stereocenters. The summed E-state index contributed by atoms with van der Waals surface area (Å²) in [6.07, 6.45) is 1.91. The van der Waals surface area contributed by atoms with Crippen LogP contribution in [0.4, 0.5) is 5.69 Å². The molecule has 27 heavy (non-hydrogen) atoms. The number of anilines is 1. The van der Waals surface area contributed by atoms with Gasteiger partial charge in [-0.3, -0.25) is 4.79 Å². The van der Waals surface area contributed by atoms with Crippen molar-refractivity contribution in [1.29, 1.82) is 0 Å². The molecule has 3 aromatic carbocycles. The van der Waals surface area contributed by atoms with E-state index in [1.807, 2.05) is 74.5 Å². The van der Waals surface area contributed by atoms with Crippen LogP contribution < -0.4 is 5.01 Å². The molecule has 0 atom stereocenters. The average molecular weight is 352 g/mol. The molecule has 0 saturated carbocycles. The van der Waals surface area contributed by atoms with Crippen molar-refractivity contribution >= 4 is 23.4 Å². The summed E-state index contributed by atoms with van der Waals surface area (Å²) in [5, 5.41) is 5.92. The monoisotopic (exact) mass is 352 g/mol. The number of benzene rings is 3. The molecule has 0 radical (unpaired) electrons. The highest BCUT2D eigenvalue weighted by Crippen LogP contribution is 2.26. The molecule has 0 aromatic heterocycles. The van der Waals surface area contributed by atoms with E-state index in [4.69, 9.17) is 0 Å². The molecule has 0 fully saturated rings. The Morgan fingerprint density at radius 2 is 1.41 bits per heavy atom. The normalized spacial score (nSPS) is 15.3. The van der Waals surface area contributed by atoms with Gasteiger partial charge in [0, 0.05) is 0 Å². The average Bonchev–Trinajstić information content (AvgIpc) is 2.98. The summed E-state index contributed by atoms with van der Waals surface area (Å²) in [6.45, 7) is 3.89. The Hall–Kier alpha value is -3.46. The van der Waals surface area contributed by atoms with E-state index in [0.29, 0.717) is 5.57 Å². The molecule has 0 bridgehead atoms. The highest BCUT2D eigenvalue weighted by atomic mass is 16.2. The second-order valence-electron chi connectivity index (χ2n) is 6.68. The van der Waals surface area contributed by atoms with Crippen LogP contribution in [0, 0.1) is 6.92 Å². The molecule has 132 valence electrons. The first-order valence-electron chi connectivity index (χ1n) is 8.96. The minimum atomic E-state index is -0.0940. The third-order valence-corrected chi connectivity index (χ3v) is 4.67. The van der Waals surface area contributed by atoms with Crippen LogP contribution >= 0.6 is 0 Å². The lowest BCUT2D eigenvalue weighted by Crippen LogP contribution is -2.21. The fourth-order valence-corrected chi connectivity index (χ4v) is 3.11. The fourth-order valence-electron chi connectivity index (χ4n) is 3.11. The lowest BCUT2D eigenvalue weighted by atomic mass is 10.0. The van der Waals surface area contributed by atoms with Gasteiger partial charge < -0.3 is 0 Å². The van der Waals surface area contributed by atoms with Gasteiger partial charge in [0.25, 0.3) is 5.91 Å². The topological polar surface area (TPSA) is 32.7 Å². The number of carbonyl (C=O) groups is 1. The molecule has 1 heterocycles. The van der Waals surface area contributed by atoms with Gasteiger partial charge in [0.05, 0.1) is 17.0 Å². The van der Waals surface area contributed by atoms with Crippen LogP contribution in [0.1, 0.15) is 18.1 Å². The van der Waals surface area contributed by atoms with Gasteiger partial charge in [0.1, 0.15) is 0 Å². The van der Waals surface area contributed by atoms with Crippen LogP contribution in [0.2, 0.25) is 0 Å². The summed E-state index contributed by atoms with van der Waals surface area (Å²) in [4.78, 5) is 12.8. The first-order chi connectivity index (χ1) is 13.1. The summed E-state index contributed by atoms with van der Waals surface area (Å²) in [7, 11) is 0. The van der Waals surface area contributed by atoms with E-state index in [9.17, 15) is 4.79 Å². The highest BCUT2D eigenvalue weighted by molar-refractivity contribution is 6.32. The Morgan fingerprint density at radius 1 is 0.778 bits per heavy atom. The number of amides is 1. The van der Waals surface area contributed by atoms with Crippen LogP contribution in [0.15, 0.2) is 89.5 Å². The SMILES string of the molecule is CC1=NN(c2ccc(C)cc2)C(=O)/C1=C\c1ccc(-c2ccccc2)cc1. The second-order valence-corrected chi connectivity index (χ2v) is 6.68. The van der Waals surface area contributed by atoms with E-state index in [2.05, 4.69) is 29.4 Å². The molecule has 3 heteroatoms. The van der Waals surface area contributed by atoms with Gasteiger partial charge in [-0.05, 0) is 48.7 Å². The van der Waals surface area contributed by atoms with Gasteiger partial charge >= 0.3 is 0 Å². The maximum Gasteiger partial charge on any atom is 0.280 e. The lowest BCUT2D eigenvalue weighted by molar-refractivity contribution is -0.114. The summed E-state index contributed by atoms with van der Waals surface area (Å²) in [6, 6.07) is 26.3. The third-order valence-electron chi connectivity index (χ3n) is 4.67. The van der Waals surface area contributed by atoms with Crippen LogP contribution in [-0.2, 0) is 4.79 Å². The predicted octanol–water partition coefficient (Wildman–Crippen LogP) is 5.47. The van der Waals surface area contributed by atoms with Crippen molar-refractivity contribution in [1.82, 2.24) is 0 Å². The van der Waals surface area contributed by atoms with E-state index < -0.39 is 0 Å². The van der Waals surface area contributed by atoms with Gasteiger partial charge in [0.15, 0.2) is 0 Å². The van der Waals surface area contributed by atoms with Gasteiger partial charge in [0.2, 0.25) is 0 Å². The number of hydrazone groups is 1. The first-order valence-corrected chi connectivity index (χ1v) is 8.96. The maximum absolute atomic E-state index is 12.8. The number of nitrogens with zero attached hydrogens (tertiary/aromatic N) is 2. The molecular formula is C24H20N2O. The van der Waals surface area contributed by atoms with E-state index >= 15 is 0 Å². The second kappa shape index (κ2) is 7.04. The minimum absolute atomic E-state index is 0.0940. The summed E-state index contributed by atoms with van der Waals surface area (Å²) >= 11 is 0. The number of carbonyl (C=O) groups excluding carboxylic acids is 1. The Labute approximate surface area is 159 Å². The van der Waals surface area contributed by atoms with Crippen molar-refractivity contribution in [2.75, 3.05) is 5.01 Å². The van der Waals surface area contributed by atoms with Crippen LogP contribution in [-0.4, -0.2) is 11.6 Å². The summed E-state index contributed by atoms with van der Waals surface area (Å²) in [5.74, 6) is -0.0940. The Morgan fingerprint density at radius 3 is 2.07 bits per heavy atom. The van der Waals surface area contributed by atoms with Crippen molar-refractivity contribution in [2.24, 2.45) is 5.10 Å². The quantitative estimate of drug-likeness (QED) is 0.575. The lowest BCUT2D eigenvalue weighted by Gasteiger charge is -2.11. The van der Waals surface area contributed by atoms with Gasteiger partial charge in [-0.25, -0.2) is 0 Å². The highest BCUT2D eigenvalue weighted by Gasteiger charge is 2.28. The molecule has 3 nitrogen and oxygen atoms in total. The largest absolute Gasteiger partial charge is 0.280 e. The van der Waals surface area contributed by atoms with Crippen molar-refractivity contribution in [3.8, 4) is 11.1 Å². The van der Waals surface area contributed by atoms with E-state index in [1.54, 1.807) is 0 Å². The van der Waals surface area contributed by atoms with E-state index in [1.165, 1.54) is 10.6 Å².